The second-order valence-electron chi connectivity index (χ2n) is 5.66. The third-order valence-electron chi connectivity index (χ3n) is 4.17. The highest BCUT2D eigenvalue weighted by molar-refractivity contribution is 5.20. The van der Waals surface area contributed by atoms with Crippen LogP contribution in [0.1, 0.15) is 38.7 Å². The summed E-state index contributed by atoms with van der Waals surface area (Å²) in [6.07, 6.45) is 3.42. The molecular formula is C15H21FO. The molecule has 1 fully saturated rings. The lowest BCUT2D eigenvalue weighted by atomic mass is 9.69. The van der Waals surface area contributed by atoms with Gasteiger partial charge in [-0.2, -0.15) is 0 Å². The van der Waals surface area contributed by atoms with Gasteiger partial charge in [0.2, 0.25) is 0 Å². The molecule has 2 rings (SSSR count). The average molecular weight is 236 g/mol. The van der Waals surface area contributed by atoms with Gasteiger partial charge in [-0.15, -0.1) is 0 Å². The fourth-order valence-electron chi connectivity index (χ4n) is 2.93. The van der Waals surface area contributed by atoms with Crippen molar-refractivity contribution >= 4 is 0 Å². The van der Waals surface area contributed by atoms with Crippen molar-refractivity contribution in [1.29, 1.82) is 0 Å². The Hall–Kier alpha value is -0.890. The summed E-state index contributed by atoms with van der Waals surface area (Å²) in [5.41, 5.74) is -0.101. The molecular weight excluding hydrogens is 215 g/mol. The second kappa shape index (κ2) is 4.77. The minimum atomic E-state index is -0.736. The van der Waals surface area contributed by atoms with Crippen LogP contribution in [0.25, 0.3) is 0 Å². The lowest BCUT2D eigenvalue weighted by Crippen LogP contribution is -2.43. The zero-order valence-electron chi connectivity index (χ0n) is 10.6. The van der Waals surface area contributed by atoms with Crippen LogP contribution in [0.4, 0.5) is 4.39 Å². The molecule has 0 heterocycles. The Morgan fingerprint density at radius 3 is 2.71 bits per heavy atom. The Kier molecular flexibility index (Phi) is 3.53. The van der Waals surface area contributed by atoms with Crippen LogP contribution in [0.15, 0.2) is 24.3 Å². The highest BCUT2D eigenvalue weighted by Crippen LogP contribution is 2.39. The summed E-state index contributed by atoms with van der Waals surface area (Å²) in [6, 6.07) is 6.77. The summed E-state index contributed by atoms with van der Waals surface area (Å²) < 4.78 is 13.6. The van der Waals surface area contributed by atoms with Crippen molar-refractivity contribution in [3.05, 3.63) is 35.6 Å². The number of rotatable bonds is 2. The number of halogens is 1. The van der Waals surface area contributed by atoms with Crippen molar-refractivity contribution in [2.45, 2.75) is 45.1 Å². The van der Waals surface area contributed by atoms with Gasteiger partial charge in [0.25, 0.3) is 0 Å². The van der Waals surface area contributed by atoms with Crippen LogP contribution < -0.4 is 0 Å². The summed E-state index contributed by atoms with van der Waals surface area (Å²) in [5, 5.41) is 10.7. The van der Waals surface area contributed by atoms with E-state index in [0.717, 1.165) is 12.8 Å². The van der Waals surface area contributed by atoms with Crippen LogP contribution in [0.5, 0.6) is 0 Å². The smallest absolute Gasteiger partial charge is 0.126 e. The lowest BCUT2D eigenvalue weighted by molar-refractivity contribution is -0.0565. The van der Waals surface area contributed by atoms with E-state index in [1.54, 1.807) is 12.1 Å². The highest BCUT2D eigenvalue weighted by atomic mass is 19.1. The number of aliphatic hydroxyl groups is 1. The third-order valence-corrected chi connectivity index (χ3v) is 4.17. The molecule has 94 valence electrons. The van der Waals surface area contributed by atoms with E-state index in [1.165, 1.54) is 12.5 Å². The molecule has 0 bridgehead atoms. The molecule has 1 aromatic rings. The molecule has 2 heteroatoms. The molecule has 1 nitrogen and oxygen atoms in total. The quantitative estimate of drug-likeness (QED) is 0.832. The SMILES string of the molecule is CC1CCC(C)C(O)(Cc2ccccc2F)C1. The molecule has 3 atom stereocenters. The van der Waals surface area contributed by atoms with E-state index in [2.05, 4.69) is 13.8 Å². The van der Waals surface area contributed by atoms with Crippen molar-refractivity contribution in [3.8, 4) is 0 Å². The van der Waals surface area contributed by atoms with Gasteiger partial charge < -0.3 is 5.11 Å². The first kappa shape index (κ1) is 12.6. The lowest BCUT2D eigenvalue weighted by Gasteiger charge is -2.41. The number of hydrogen-bond donors (Lipinski definition) is 1. The van der Waals surface area contributed by atoms with Gasteiger partial charge in [-0.25, -0.2) is 4.39 Å². The standard InChI is InChI=1S/C15H21FO/c1-11-7-8-12(2)15(17,9-11)10-13-5-3-4-6-14(13)16/h3-6,11-12,17H,7-10H2,1-2H3. The van der Waals surface area contributed by atoms with Crippen LogP contribution in [0.2, 0.25) is 0 Å². The van der Waals surface area contributed by atoms with Gasteiger partial charge in [-0.05, 0) is 36.3 Å². The summed E-state index contributed by atoms with van der Waals surface area (Å²) in [4.78, 5) is 0. The zero-order valence-corrected chi connectivity index (χ0v) is 10.6. The fourth-order valence-corrected chi connectivity index (χ4v) is 2.93. The Balaban J connectivity index is 2.18. The monoisotopic (exact) mass is 236 g/mol. The molecule has 0 spiro atoms. The largest absolute Gasteiger partial charge is 0.389 e. The maximum absolute atomic E-state index is 13.6. The van der Waals surface area contributed by atoms with Crippen molar-refractivity contribution in [1.82, 2.24) is 0 Å². The molecule has 1 N–H and O–H groups in total. The molecule has 1 aromatic carbocycles. The van der Waals surface area contributed by atoms with E-state index >= 15 is 0 Å². The molecule has 1 aliphatic rings. The summed E-state index contributed by atoms with van der Waals surface area (Å²) >= 11 is 0. The first-order chi connectivity index (χ1) is 8.01. The molecule has 1 saturated carbocycles. The highest BCUT2D eigenvalue weighted by Gasteiger charge is 2.39. The van der Waals surface area contributed by atoms with E-state index < -0.39 is 5.60 Å². The Bertz CT molecular complexity index is 390. The van der Waals surface area contributed by atoms with E-state index in [1.807, 2.05) is 6.07 Å². The third kappa shape index (κ3) is 2.68. The molecule has 0 amide bonds. The van der Waals surface area contributed by atoms with E-state index in [9.17, 15) is 9.50 Å². The van der Waals surface area contributed by atoms with Gasteiger partial charge in [0.05, 0.1) is 5.60 Å². The van der Waals surface area contributed by atoms with Crippen molar-refractivity contribution in [2.24, 2.45) is 11.8 Å². The summed E-state index contributed by atoms with van der Waals surface area (Å²) in [6.45, 7) is 4.24. The van der Waals surface area contributed by atoms with Crippen LogP contribution in [0.3, 0.4) is 0 Å². The maximum atomic E-state index is 13.6. The van der Waals surface area contributed by atoms with Crippen LogP contribution in [0, 0.1) is 17.7 Å². The molecule has 1 aliphatic carbocycles. The Morgan fingerprint density at radius 2 is 2.00 bits per heavy atom. The first-order valence-corrected chi connectivity index (χ1v) is 6.47. The zero-order chi connectivity index (χ0) is 12.5. The normalized spacial score (nSPS) is 33.6. The average Bonchev–Trinajstić information content (AvgIpc) is 2.27. The Morgan fingerprint density at radius 1 is 1.29 bits per heavy atom. The minimum absolute atomic E-state index is 0.202. The molecule has 0 radical (unpaired) electrons. The Labute approximate surface area is 103 Å². The van der Waals surface area contributed by atoms with Gasteiger partial charge in [0.15, 0.2) is 0 Å². The van der Waals surface area contributed by atoms with Crippen molar-refractivity contribution < 1.29 is 9.50 Å². The van der Waals surface area contributed by atoms with Gasteiger partial charge in [-0.3, -0.25) is 0 Å². The molecule has 0 saturated heterocycles. The summed E-state index contributed by atoms with van der Waals surface area (Å²) in [5.74, 6) is 0.577. The van der Waals surface area contributed by atoms with E-state index in [4.69, 9.17) is 0 Å². The van der Waals surface area contributed by atoms with Crippen LogP contribution in [-0.4, -0.2) is 10.7 Å². The molecule has 0 aliphatic heterocycles. The van der Waals surface area contributed by atoms with Crippen LogP contribution in [-0.2, 0) is 6.42 Å². The molecule has 0 aromatic heterocycles. The maximum Gasteiger partial charge on any atom is 0.126 e. The van der Waals surface area contributed by atoms with Gasteiger partial charge in [0.1, 0.15) is 5.82 Å². The predicted molar refractivity (Wildman–Crippen MR) is 67.2 cm³/mol. The van der Waals surface area contributed by atoms with E-state index in [0.29, 0.717) is 17.9 Å². The van der Waals surface area contributed by atoms with Gasteiger partial charge in [0, 0.05) is 6.42 Å². The molecule has 3 unspecified atom stereocenters. The summed E-state index contributed by atoms with van der Waals surface area (Å²) in [7, 11) is 0. The van der Waals surface area contributed by atoms with Crippen molar-refractivity contribution in [3.63, 3.8) is 0 Å². The second-order valence-corrected chi connectivity index (χ2v) is 5.66. The van der Waals surface area contributed by atoms with Crippen molar-refractivity contribution in [2.75, 3.05) is 0 Å². The fraction of sp³-hybridized carbons (Fsp3) is 0.600. The van der Waals surface area contributed by atoms with Crippen LogP contribution >= 0.6 is 0 Å². The van der Waals surface area contributed by atoms with Gasteiger partial charge in [-0.1, -0.05) is 38.5 Å². The first-order valence-electron chi connectivity index (χ1n) is 6.47. The van der Waals surface area contributed by atoms with E-state index in [-0.39, 0.29) is 11.7 Å². The number of benzene rings is 1. The predicted octanol–water partition coefficient (Wildman–Crippen LogP) is 3.56. The number of hydrogen-bond acceptors (Lipinski definition) is 1. The topological polar surface area (TPSA) is 20.2 Å². The van der Waals surface area contributed by atoms with Gasteiger partial charge >= 0.3 is 0 Å². The molecule has 17 heavy (non-hydrogen) atoms. The minimum Gasteiger partial charge on any atom is -0.389 e.